The van der Waals surface area contributed by atoms with Gasteiger partial charge in [-0.15, -0.1) is 0 Å². The van der Waals surface area contributed by atoms with Gasteiger partial charge < -0.3 is 10.4 Å². The van der Waals surface area contributed by atoms with Gasteiger partial charge in [-0.1, -0.05) is 31.2 Å². The summed E-state index contributed by atoms with van der Waals surface area (Å²) in [5, 5.41) is 30.8. The van der Waals surface area contributed by atoms with E-state index >= 15 is 0 Å². The number of rotatable bonds is 2. The van der Waals surface area contributed by atoms with Crippen LogP contribution in [0.15, 0.2) is 41.1 Å². The summed E-state index contributed by atoms with van der Waals surface area (Å²) < 4.78 is 0. The van der Waals surface area contributed by atoms with Crippen LogP contribution in [-0.4, -0.2) is 5.11 Å². The molecule has 1 atom stereocenters. The molecule has 0 saturated heterocycles. The van der Waals surface area contributed by atoms with Crippen LogP contribution in [0.1, 0.15) is 25.0 Å². The summed E-state index contributed by atoms with van der Waals surface area (Å²) in [4.78, 5) is 0. The zero-order chi connectivity index (χ0) is 14.7. The largest absolute Gasteiger partial charge is 0.392 e. The van der Waals surface area contributed by atoms with Crippen LogP contribution in [0.3, 0.4) is 0 Å². The minimum absolute atomic E-state index is 0.00816. The van der Waals surface area contributed by atoms with Crippen molar-refractivity contribution in [2.45, 2.75) is 20.5 Å². The average molecular weight is 265 g/mol. The van der Waals surface area contributed by atoms with E-state index in [-0.39, 0.29) is 12.5 Å². The molecule has 1 aliphatic rings. The maximum absolute atomic E-state index is 9.37. The summed E-state index contributed by atoms with van der Waals surface area (Å²) >= 11 is 0. The number of nitrogens with zero attached hydrogens (tertiary/aromatic N) is 2. The van der Waals surface area contributed by atoms with Gasteiger partial charge in [0.2, 0.25) is 0 Å². The molecule has 1 aromatic rings. The zero-order valence-electron chi connectivity index (χ0n) is 11.4. The van der Waals surface area contributed by atoms with Crippen molar-refractivity contribution in [3.05, 3.63) is 52.2 Å². The lowest BCUT2D eigenvalue weighted by Crippen LogP contribution is -2.23. The first kappa shape index (κ1) is 13.9. The molecular formula is C16H15N3O. The Hall–Kier alpha value is -2.56. The van der Waals surface area contributed by atoms with E-state index in [1.807, 2.05) is 38.1 Å². The molecule has 0 saturated carbocycles. The van der Waals surface area contributed by atoms with Gasteiger partial charge in [0.15, 0.2) is 0 Å². The number of benzene rings is 1. The summed E-state index contributed by atoms with van der Waals surface area (Å²) in [7, 11) is 0. The second-order valence-corrected chi connectivity index (χ2v) is 4.75. The molecule has 4 heteroatoms. The van der Waals surface area contributed by atoms with Gasteiger partial charge in [0.25, 0.3) is 0 Å². The number of hydrogen-bond acceptors (Lipinski definition) is 4. The fourth-order valence-electron chi connectivity index (χ4n) is 2.35. The van der Waals surface area contributed by atoms with Crippen LogP contribution >= 0.6 is 0 Å². The molecule has 0 fully saturated rings. The van der Waals surface area contributed by atoms with Crippen molar-refractivity contribution in [1.29, 1.82) is 10.5 Å². The Balaban J connectivity index is 2.49. The third-order valence-corrected chi connectivity index (χ3v) is 3.52. The number of aliphatic hydroxyl groups is 1. The smallest absolute Gasteiger partial charge is 0.0975 e. The van der Waals surface area contributed by atoms with Gasteiger partial charge in [0.1, 0.15) is 0 Å². The van der Waals surface area contributed by atoms with Crippen molar-refractivity contribution in [3.8, 4) is 12.1 Å². The van der Waals surface area contributed by atoms with Crippen molar-refractivity contribution in [3.63, 3.8) is 0 Å². The molecule has 1 heterocycles. The number of nitrogens with one attached hydrogen (secondary N) is 1. The molecule has 2 rings (SSSR count). The first-order chi connectivity index (χ1) is 9.62. The molecule has 0 radical (unpaired) electrons. The minimum atomic E-state index is -0.209. The van der Waals surface area contributed by atoms with E-state index in [0.29, 0.717) is 11.1 Å². The molecule has 0 amide bonds. The average Bonchev–Trinajstić information content (AvgIpc) is 2.47. The number of allylic oxidation sites excluding steroid dienone is 3. The number of aliphatic hydroxyl groups excluding tert-OH is 1. The molecule has 0 bridgehead atoms. The van der Waals surface area contributed by atoms with E-state index in [4.69, 9.17) is 10.4 Å². The van der Waals surface area contributed by atoms with Gasteiger partial charge in [-0.2, -0.15) is 10.5 Å². The highest BCUT2D eigenvalue weighted by atomic mass is 16.3. The van der Waals surface area contributed by atoms with Crippen LogP contribution in [0.4, 0.5) is 0 Å². The first-order valence-electron chi connectivity index (χ1n) is 6.34. The topological polar surface area (TPSA) is 79.8 Å². The number of dihydropyridines is 1. The fraction of sp³-hybridized carbons (Fsp3) is 0.250. The molecule has 0 unspecified atom stereocenters. The van der Waals surface area contributed by atoms with Crippen molar-refractivity contribution in [2.24, 2.45) is 5.92 Å². The molecule has 0 aliphatic carbocycles. The molecule has 2 N–H and O–H groups in total. The van der Waals surface area contributed by atoms with Crippen molar-refractivity contribution in [2.75, 3.05) is 0 Å². The zero-order valence-corrected chi connectivity index (χ0v) is 11.4. The first-order valence-corrected chi connectivity index (χ1v) is 6.34. The Morgan fingerprint density at radius 3 is 2.25 bits per heavy atom. The Labute approximate surface area is 118 Å². The van der Waals surface area contributed by atoms with Gasteiger partial charge >= 0.3 is 0 Å². The van der Waals surface area contributed by atoms with Crippen LogP contribution < -0.4 is 5.32 Å². The van der Waals surface area contributed by atoms with Gasteiger partial charge in [-0.05, 0) is 18.1 Å². The summed E-state index contributed by atoms with van der Waals surface area (Å²) in [6.07, 6.45) is 0. The maximum Gasteiger partial charge on any atom is 0.0975 e. The van der Waals surface area contributed by atoms with E-state index in [2.05, 4.69) is 17.5 Å². The van der Waals surface area contributed by atoms with Crippen LogP contribution in [-0.2, 0) is 6.61 Å². The monoisotopic (exact) mass is 265 g/mol. The number of hydrogen-bond donors (Lipinski definition) is 2. The van der Waals surface area contributed by atoms with E-state index in [0.717, 1.165) is 22.5 Å². The van der Waals surface area contributed by atoms with Crippen LogP contribution in [0, 0.1) is 28.6 Å². The van der Waals surface area contributed by atoms with Crippen molar-refractivity contribution >= 4 is 5.70 Å². The highest BCUT2D eigenvalue weighted by molar-refractivity contribution is 5.75. The quantitative estimate of drug-likeness (QED) is 0.860. The molecule has 4 nitrogen and oxygen atoms in total. The lowest BCUT2D eigenvalue weighted by molar-refractivity contribution is 0.282. The SMILES string of the molecule is CC1=C(C#N)[C@@H](C)C(C#N)=C(c2ccc(CO)cc2)N1. The molecule has 1 aromatic carbocycles. The highest BCUT2D eigenvalue weighted by Gasteiger charge is 2.26. The van der Waals surface area contributed by atoms with Crippen molar-refractivity contribution < 1.29 is 5.11 Å². The van der Waals surface area contributed by atoms with Gasteiger partial charge in [0, 0.05) is 11.6 Å². The predicted octanol–water partition coefficient (Wildman–Crippen LogP) is 2.45. The van der Waals surface area contributed by atoms with Gasteiger partial charge in [-0.25, -0.2) is 0 Å². The lowest BCUT2D eigenvalue weighted by atomic mass is 9.86. The van der Waals surface area contributed by atoms with Crippen LogP contribution in [0.2, 0.25) is 0 Å². The predicted molar refractivity (Wildman–Crippen MR) is 75.5 cm³/mol. The van der Waals surface area contributed by atoms with Crippen molar-refractivity contribution in [1.82, 2.24) is 5.32 Å². The minimum Gasteiger partial charge on any atom is -0.392 e. The van der Waals surface area contributed by atoms with Crippen LogP contribution in [0.5, 0.6) is 0 Å². The summed E-state index contributed by atoms with van der Waals surface area (Å²) in [5.74, 6) is -0.209. The second-order valence-electron chi connectivity index (χ2n) is 4.75. The molecule has 0 spiro atoms. The standard InChI is InChI=1S/C16H15N3O/c1-10-14(7-17)11(2)19-16(15(10)8-18)13-5-3-12(9-20)4-6-13/h3-6,10,19-20H,9H2,1-2H3/t10-/m1/s1. The fourth-order valence-corrected chi connectivity index (χ4v) is 2.35. The third-order valence-electron chi connectivity index (χ3n) is 3.52. The van der Waals surface area contributed by atoms with Crippen LogP contribution in [0.25, 0.3) is 5.70 Å². The summed E-state index contributed by atoms with van der Waals surface area (Å²) in [6.45, 7) is 3.70. The van der Waals surface area contributed by atoms with E-state index in [9.17, 15) is 5.26 Å². The Morgan fingerprint density at radius 1 is 1.15 bits per heavy atom. The number of nitriles is 2. The summed E-state index contributed by atoms with van der Waals surface area (Å²) in [5.41, 5.74) is 4.37. The second kappa shape index (κ2) is 5.61. The normalized spacial score (nSPS) is 18.4. The lowest BCUT2D eigenvalue weighted by Gasteiger charge is -2.25. The maximum atomic E-state index is 9.37. The molecule has 0 aromatic heterocycles. The third kappa shape index (κ3) is 2.30. The molecule has 100 valence electrons. The van der Waals surface area contributed by atoms with E-state index in [1.54, 1.807) is 0 Å². The molecule has 20 heavy (non-hydrogen) atoms. The van der Waals surface area contributed by atoms with E-state index in [1.165, 1.54) is 0 Å². The highest BCUT2D eigenvalue weighted by Crippen LogP contribution is 2.32. The molecular weight excluding hydrogens is 250 g/mol. The Bertz CT molecular complexity index is 669. The summed E-state index contributed by atoms with van der Waals surface area (Å²) in [6, 6.07) is 11.7. The Morgan fingerprint density at radius 2 is 1.75 bits per heavy atom. The van der Waals surface area contributed by atoms with E-state index < -0.39 is 0 Å². The molecule has 1 aliphatic heterocycles. The Kier molecular flexibility index (Phi) is 3.89. The van der Waals surface area contributed by atoms with Gasteiger partial charge in [0.05, 0.1) is 35.6 Å². The van der Waals surface area contributed by atoms with Gasteiger partial charge in [-0.3, -0.25) is 0 Å².